The number of hydrogen-bond acceptors (Lipinski definition) is 6. The van der Waals surface area contributed by atoms with Crippen molar-refractivity contribution in [1.82, 2.24) is 10.0 Å². The van der Waals surface area contributed by atoms with Gasteiger partial charge in [-0.1, -0.05) is 0 Å². The van der Waals surface area contributed by atoms with Crippen LogP contribution in [0.25, 0.3) is 0 Å². The summed E-state index contributed by atoms with van der Waals surface area (Å²) in [6, 6.07) is 2.68. The van der Waals surface area contributed by atoms with Crippen LogP contribution < -0.4 is 14.3 Å². The van der Waals surface area contributed by atoms with Gasteiger partial charge in [0.25, 0.3) is 5.91 Å². The fourth-order valence-corrected chi connectivity index (χ4v) is 5.27. The molecule has 9 nitrogen and oxygen atoms in total. The Morgan fingerprint density at radius 1 is 1.26 bits per heavy atom. The summed E-state index contributed by atoms with van der Waals surface area (Å²) < 4.78 is 72.3. The molecule has 1 aromatic carbocycles. The van der Waals surface area contributed by atoms with Gasteiger partial charge in [-0.05, 0) is 54.8 Å². The number of nitrogens with one attached hydrogen (secondary N) is 2. The molecule has 0 radical (unpaired) electrons. The summed E-state index contributed by atoms with van der Waals surface area (Å²) >= 11 is 0. The average molecular weight is 469 g/mol. The van der Waals surface area contributed by atoms with Crippen LogP contribution in [0.15, 0.2) is 12.1 Å². The lowest BCUT2D eigenvalue weighted by Gasteiger charge is -2.45. The molecule has 0 bridgehead atoms. The first-order chi connectivity index (χ1) is 14.2. The maximum atomic E-state index is 14.5. The number of amides is 1. The first kappa shape index (κ1) is 23.1. The van der Waals surface area contributed by atoms with Crippen LogP contribution in [0, 0.1) is 11.2 Å². The topological polar surface area (TPSA) is 136 Å². The summed E-state index contributed by atoms with van der Waals surface area (Å²) in [7, 11) is -4.15. The van der Waals surface area contributed by atoms with Crippen molar-refractivity contribution in [2.75, 3.05) is 23.9 Å². The number of hydrogen-bond donors (Lipinski definition) is 4. The molecule has 1 saturated carbocycles. The number of nitrogens with zero attached hydrogens (tertiary/aromatic N) is 1. The van der Waals surface area contributed by atoms with E-state index >= 15 is 0 Å². The molecule has 3 aliphatic rings. The molecule has 2 heterocycles. The maximum Gasteiger partial charge on any atom is 0.490 e. The molecule has 0 atom stereocenters. The van der Waals surface area contributed by atoms with E-state index in [-0.39, 0.29) is 11.3 Å². The Morgan fingerprint density at radius 3 is 2.29 bits per heavy atom. The second-order valence-corrected chi connectivity index (χ2v) is 9.34. The monoisotopic (exact) mass is 469 g/mol. The number of aliphatic carboxylic acids is 1. The van der Waals surface area contributed by atoms with Crippen LogP contribution in [0.4, 0.5) is 23.2 Å². The summed E-state index contributed by atoms with van der Waals surface area (Å²) in [6.45, 7) is 1.43. The lowest BCUT2D eigenvalue weighted by atomic mass is 9.59. The molecule has 4 rings (SSSR count). The summed E-state index contributed by atoms with van der Waals surface area (Å²) in [4.78, 5) is 20.2. The highest BCUT2D eigenvalue weighted by molar-refractivity contribution is 7.92. The van der Waals surface area contributed by atoms with E-state index in [0.29, 0.717) is 9.87 Å². The van der Waals surface area contributed by atoms with Crippen molar-refractivity contribution in [2.24, 2.45) is 5.41 Å². The summed E-state index contributed by atoms with van der Waals surface area (Å²) in [5, 5.41) is 20.6. The fraction of sp³-hybridized carbons (Fsp3) is 0.529. The van der Waals surface area contributed by atoms with Gasteiger partial charge in [0.1, 0.15) is 18.0 Å². The van der Waals surface area contributed by atoms with E-state index in [0.717, 1.165) is 32.4 Å². The standard InChI is InChI=1S/C15H18FN3O4S.C2HF3O2/c16-11-3-9(10-5-15(6-10)1-2-17-8-15)4-12(20)14(11)19-7-13(21)18-24(19,22)23;3-2(4,5)1(6)7/h3-4,10,17,20H,1-2,5-8H2,(H,18,21);(H,6,7). The van der Waals surface area contributed by atoms with Crippen LogP contribution in [-0.2, 0) is 19.8 Å². The van der Waals surface area contributed by atoms with Crippen molar-refractivity contribution >= 4 is 27.8 Å². The molecule has 172 valence electrons. The molecule has 4 N–H and O–H groups in total. The Hall–Kier alpha value is -2.61. The minimum Gasteiger partial charge on any atom is -0.506 e. The van der Waals surface area contributed by atoms with Crippen LogP contribution in [0.5, 0.6) is 5.75 Å². The van der Waals surface area contributed by atoms with Gasteiger partial charge in [-0.25, -0.2) is 18.2 Å². The van der Waals surface area contributed by atoms with E-state index in [1.165, 1.54) is 12.1 Å². The van der Waals surface area contributed by atoms with Gasteiger partial charge >= 0.3 is 22.4 Å². The summed E-state index contributed by atoms with van der Waals surface area (Å²) in [5.41, 5.74) is 0.472. The van der Waals surface area contributed by atoms with Crippen molar-refractivity contribution in [3.05, 3.63) is 23.5 Å². The first-order valence-electron chi connectivity index (χ1n) is 9.11. The fourth-order valence-electron chi connectivity index (χ4n) is 4.10. The predicted molar refractivity (Wildman–Crippen MR) is 98.1 cm³/mol. The van der Waals surface area contributed by atoms with Crippen molar-refractivity contribution < 1.29 is 45.8 Å². The van der Waals surface area contributed by atoms with Crippen molar-refractivity contribution in [3.8, 4) is 5.75 Å². The van der Waals surface area contributed by atoms with Gasteiger partial charge < -0.3 is 15.5 Å². The number of rotatable bonds is 2. The van der Waals surface area contributed by atoms with Crippen LogP contribution in [0.3, 0.4) is 0 Å². The molecular formula is C17H19F4N3O6S. The van der Waals surface area contributed by atoms with Gasteiger partial charge in [-0.15, -0.1) is 0 Å². The molecule has 0 aromatic heterocycles. The lowest BCUT2D eigenvalue weighted by Crippen LogP contribution is -2.37. The number of carboxylic acids is 1. The van der Waals surface area contributed by atoms with Gasteiger partial charge in [-0.2, -0.15) is 21.6 Å². The minimum atomic E-state index is -5.08. The SMILES string of the molecule is O=C(O)C(F)(F)F.O=C1CN(c2c(O)cc(C3CC4(CCNC4)C3)cc2F)S(=O)(=O)N1. The van der Waals surface area contributed by atoms with Crippen molar-refractivity contribution in [3.63, 3.8) is 0 Å². The predicted octanol–water partition coefficient (Wildman–Crippen LogP) is 1.20. The number of alkyl halides is 3. The number of anilines is 1. The Morgan fingerprint density at radius 2 is 1.87 bits per heavy atom. The first-order valence-corrected chi connectivity index (χ1v) is 10.5. The minimum absolute atomic E-state index is 0.161. The van der Waals surface area contributed by atoms with E-state index in [2.05, 4.69) is 5.32 Å². The van der Waals surface area contributed by atoms with E-state index in [1.54, 1.807) is 4.72 Å². The Bertz CT molecular complexity index is 977. The van der Waals surface area contributed by atoms with Crippen LogP contribution in [0.2, 0.25) is 0 Å². The van der Waals surface area contributed by atoms with E-state index in [1.807, 2.05) is 0 Å². The number of benzene rings is 1. The highest BCUT2D eigenvalue weighted by atomic mass is 32.2. The third-order valence-electron chi connectivity index (χ3n) is 5.54. The van der Waals surface area contributed by atoms with Gasteiger partial charge in [-0.3, -0.25) is 4.79 Å². The number of carbonyl (C=O) groups excluding carboxylic acids is 1. The smallest absolute Gasteiger partial charge is 0.490 e. The molecule has 1 spiro atoms. The Balaban J connectivity index is 0.000000339. The number of halogens is 4. The Kier molecular flexibility index (Phi) is 5.82. The second-order valence-electron chi connectivity index (χ2n) is 7.74. The van der Waals surface area contributed by atoms with E-state index in [9.17, 15) is 35.9 Å². The van der Waals surface area contributed by atoms with E-state index < -0.39 is 52.1 Å². The quantitative estimate of drug-likeness (QED) is 0.478. The molecule has 3 fully saturated rings. The zero-order valence-corrected chi connectivity index (χ0v) is 16.7. The van der Waals surface area contributed by atoms with Gasteiger partial charge in [0, 0.05) is 6.54 Å². The lowest BCUT2D eigenvalue weighted by molar-refractivity contribution is -0.192. The number of aromatic hydroxyl groups is 1. The summed E-state index contributed by atoms with van der Waals surface area (Å²) in [6.07, 6.45) is -2.11. The second kappa shape index (κ2) is 7.82. The van der Waals surface area contributed by atoms with Gasteiger partial charge in [0.15, 0.2) is 5.82 Å². The number of carbonyl (C=O) groups is 2. The largest absolute Gasteiger partial charge is 0.506 e. The number of carboxylic acid groups (broad SMARTS) is 1. The average Bonchev–Trinajstić information content (AvgIpc) is 3.17. The van der Waals surface area contributed by atoms with Crippen LogP contribution >= 0.6 is 0 Å². The van der Waals surface area contributed by atoms with E-state index in [4.69, 9.17) is 9.90 Å². The molecule has 1 aromatic rings. The third-order valence-corrected chi connectivity index (χ3v) is 6.92. The molecule has 1 aliphatic carbocycles. The highest BCUT2D eigenvalue weighted by Gasteiger charge is 2.47. The number of phenolic OH excluding ortho intramolecular Hbond substituents is 1. The molecule has 0 unspecified atom stereocenters. The third kappa shape index (κ3) is 4.69. The molecule has 31 heavy (non-hydrogen) atoms. The zero-order valence-electron chi connectivity index (χ0n) is 15.9. The highest BCUT2D eigenvalue weighted by Crippen LogP contribution is 2.55. The summed E-state index contributed by atoms with van der Waals surface area (Å²) in [5.74, 6) is -4.65. The molecule has 14 heteroatoms. The van der Waals surface area contributed by atoms with Crippen LogP contribution in [0.1, 0.15) is 30.7 Å². The Labute approximate surface area is 174 Å². The molecular weight excluding hydrogens is 450 g/mol. The molecule has 2 saturated heterocycles. The number of phenols is 1. The van der Waals surface area contributed by atoms with Gasteiger partial charge in [0.2, 0.25) is 0 Å². The maximum absolute atomic E-state index is 14.5. The molecule has 1 amide bonds. The molecule has 2 aliphatic heterocycles. The van der Waals surface area contributed by atoms with Crippen molar-refractivity contribution in [1.29, 1.82) is 0 Å². The van der Waals surface area contributed by atoms with Crippen molar-refractivity contribution in [2.45, 2.75) is 31.4 Å². The van der Waals surface area contributed by atoms with Gasteiger partial charge in [0.05, 0.1) is 0 Å². The van der Waals surface area contributed by atoms with Crippen LogP contribution in [-0.4, -0.2) is 56.3 Å². The zero-order chi connectivity index (χ0) is 23.2. The normalized spacial score (nSPS) is 26.8.